The van der Waals surface area contributed by atoms with E-state index in [1.165, 1.54) is 11.0 Å². The summed E-state index contributed by atoms with van der Waals surface area (Å²) in [5, 5.41) is 2.19. The van der Waals surface area contributed by atoms with Crippen LogP contribution >= 0.6 is 7.92 Å². The van der Waals surface area contributed by atoms with E-state index in [4.69, 9.17) is 0 Å². The third kappa shape index (κ3) is 5.19. The van der Waals surface area contributed by atoms with Gasteiger partial charge < -0.3 is 4.90 Å². The molecule has 0 aliphatic carbocycles. The molecule has 1 aromatic carbocycles. The summed E-state index contributed by atoms with van der Waals surface area (Å²) < 4.78 is 0. The van der Waals surface area contributed by atoms with Crippen LogP contribution in [0.25, 0.3) is 0 Å². The summed E-state index contributed by atoms with van der Waals surface area (Å²) in [6.45, 7) is 14.2. The van der Waals surface area contributed by atoms with Crippen molar-refractivity contribution in [3.63, 3.8) is 0 Å². The van der Waals surface area contributed by atoms with Crippen LogP contribution in [0.15, 0.2) is 24.3 Å². The number of hydrogen-bond acceptors (Lipinski definition) is 1. The summed E-state index contributed by atoms with van der Waals surface area (Å²) in [4.78, 5) is 2.15. The van der Waals surface area contributed by atoms with Crippen LogP contribution < -0.4 is 10.2 Å². The largest absolute Gasteiger partial charge is 2.00 e. The van der Waals surface area contributed by atoms with Crippen LogP contribution in [0.1, 0.15) is 41.5 Å². The quantitative estimate of drug-likeness (QED) is 0.548. The van der Waals surface area contributed by atoms with Gasteiger partial charge in [0.2, 0.25) is 0 Å². The topological polar surface area (TPSA) is 3.24 Å². The molecule has 0 bridgehead atoms. The zero-order valence-corrected chi connectivity index (χ0v) is 16.0. The van der Waals surface area contributed by atoms with Gasteiger partial charge in [0.1, 0.15) is 0 Å². The van der Waals surface area contributed by atoms with E-state index >= 15 is 0 Å². The molecule has 1 aromatic rings. The van der Waals surface area contributed by atoms with Crippen LogP contribution in [-0.4, -0.2) is 24.4 Å². The SMILES string of the molecule is CN(C)c1ccc(P(C(C)(C)C)C(C)(C)C)cc1.[Pd+2]. The van der Waals surface area contributed by atoms with Crippen molar-refractivity contribution in [1.29, 1.82) is 0 Å². The van der Waals surface area contributed by atoms with Crippen molar-refractivity contribution >= 4 is 18.9 Å². The van der Waals surface area contributed by atoms with Gasteiger partial charge in [-0.15, -0.1) is 0 Å². The second-order valence-corrected chi connectivity index (χ2v) is 11.0. The minimum absolute atomic E-state index is 0. The third-order valence-corrected chi connectivity index (χ3v) is 6.46. The molecule has 0 saturated carbocycles. The van der Waals surface area contributed by atoms with E-state index in [0.717, 1.165) is 0 Å². The summed E-state index contributed by atoms with van der Waals surface area (Å²) in [7, 11) is 3.99. The summed E-state index contributed by atoms with van der Waals surface area (Å²) in [5.41, 5.74) is 1.27. The van der Waals surface area contributed by atoms with Crippen LogP contribution in [0.4, 0.5) is 5.69 Å². The van der Waals surface area contributed by atoms with Gasteiger partial charge in [0, 0.05) is 19.8 Å². The van der Waals surface area contributed by atoms with Crippen molar-refractivity contribution in [2.75, 3.05) is 19.0 Å². The smallest absolute Gasteiger partial charge is 0.378 e. The fourth-order valence-electron chi connectivity index (χ4n) is 2.68. The van der Waals surface area contributed by atoms with Gasteiger partial charge in [0.25, 0.3) is 0 Å². The first-order valence-electron chi connectivity index (χ1n) is 6.61. The molecule has 1 rings (SSSR count). The number of nitrogens with zero attached hydrogens (tertiary/aromatic N) is 1. The minimum atomic E-state index is -0.188. The Morgan fingerprint density at radius 1 is 0.789 bits per heavy atom. The zero-order chi connectivity index (χ0) is 14.1. The first-order chi connectivity index (χ1) is 8.03. The predicted octanol–water partition coefficient (Wildman–Crippen LogP) is 4.45. The number of rotatable bonds is 2. The van der Waals surface area contributed by atoms with Crippen LogP contribution in [0.2, 0.25) is 0 Å². The predicted molar refractivity (Wildman–Crippen MR) is 86.8 cm³/mol. The van der Waals surface area contributed by atoms with Gasteiger partial charge in [-0.3, -0.25) is 0 Å². The Morgan fingerprint density at radius 3 is 1.42 bits per heavy atom. The maximum atomic E-state index is 2.36. The Balaban J connectivity index is 0.00000324. The Morgan fingerprint density at radius 2 is 1.16 bits per heavy atom. The molecule has 0 saturated heterocycles. The van der Waals surface area contributed by atoms with Gasteiger partial charge in [-0.2, -0.15) is 0 Å². The van der Waals surface area contributed by atoms with Crippen molar-refractivity contribution in [1.82, 2.24) is 0 Å². The number of benzene rings is 1. The zero-order valence-electron chi connectivity index (χ0n) is 13.5. The van der Waals surface area contributed by atoms with Gasteiger partial charge in [0.15, 0.2) is 0 Å². The third-order valence-electron chi connectivity index (χ3n) is 2.97. The second kappa shape index (κ2) is 6.71. The second-order valence-electron chi connectivity index (χ2n) is 7.09. The van der Waals surface area contributed by atoms with Crippen molar-refractivity contribution in [2.45, 2.75) is 51.9 Å². The summed E-state index contributed by atoms with van der Waals surface area (Å²) in [6, 6.07) is 9.11. The molecule has 0 atom stereocenters. The molecule has 0 radical (unpaired) electrons. The summed E-state index contributed by atoms with van der Waals surface area (Å²) in [6.07, 6.45) is 0. The van der Waals surface area contributed by atoms with E-state index in [2.05, 4.69) is 84.8 Å². The molecule has 0 fully saturated rings. The molecule has 0 aliphatic heterocycles. The summed E-state index contributed by atoms with van der Waals surface area (Å²) in [5.74, 6) is 0. The molecule has 19 heavy (non-hydrogen) atoms. The van der Waals surface area contributed by atoms with E-state index in [1.807, 2.05) is 0 Å². The molecule has 0 N–H and O–H groups in total. The fourth-order valence-corrected chi connectivity index (χ4v) is 6.69. The molecule has 0 spiro atoms. The van der Waals surface area contributed by atoms with Gasteiger partial charge >= 0.3 is 20.4 Å². The normalized spacial score (nSPS) is 12.3. The van der Waals surface area contributed by atoms with E-state index < -0.39 is 0 Å². The Labute approximate surface area is 134 Å². The fraction of sp³-hybridized carbons (Fsp3) is 0.625. The van der Waals surface area contributed by atoms with E-state index in [0.29, 0.717) is 10.3 Å². The van der Waals surface area contributed by atoms with Crippen LogP contribution in [0.3, 0.4) is 0 Å². The average molecular weight is 372 g/mol. The van der Waals surface area contributed by atoms with Crippen molar-refractivity contribution in [3.05, 3.63) is 24.3 Å². The molecule has 1 nitrogen and oxygen atoms in total. The van der Waals surface area contributed by atoms with Gasteiger partial charge in [-0.25, -0.2) is 0 Å². The van der Waals surface area contributed by atoms with Crippen molar-refractivity contribution in [2.24, 2.45) is 0 Å². The molecule has 110 valence electrons. The van der Waals surface area contributed by atoms with Crippen LogP contribution in [0.5, 0.6) is 0 Å². The van der Waals surface area contributed by atoms with Gasteiger partial charge in [-0.05, 0) is 27.7 Å². The summed E-state index contributed by atoms with van der Waals surface area (Å²) >= 11 is 0. The first-order valence-corrected chi connectivity index (χ1v) is 7.95. The van der Waals surface area contributed by atoms with Crippen molar-refractivity contribution in [3.8, 4) is 0 Å². The van der Waals surface area contributed by atoms with Gasteiger partial charge in [-0.1, -0.05) is 61.6 Å². The monoisotopic (exact) mass is 371 g/mol. The van der Waals surface area contributed by atoms with E-state index in [9.17, 15) is 0 Å². The molecule has 0 heterocycles. The molecule has 0 aliphatic rings. The van der Waals surface area contributed by atoms with Crippen LogP contribution in [0, 0.1) is 0 Å². The molecule has 0 aromatic heterocycles. The van der Waals surface area contributed by atoms with Crippen LogP contribution in [-0.2, 0) is 20.4 Å². The van der Waals surface area contributed by atoms with Gasteiger partial charge in [0.05, 0.1) is 0 Å². The Kier molecular flexibility index (Phi) is 6.75. The Hall–Kier alpha value is 0.112. The molecular weight excluding hydrogens is 344 g/mol. The molecule has 3 heteroatoms. The number of anilines is 1. The van der Waals surface area contributed by atoms with E-state index in [-0.39, 0.29) is 28.3 Å². The first kappa shape index (κ1) is 19.1. The molecular formula is C16H28NPPd+2. The molecule has 0 unspecified atom stereocenters. The van der Waals surface area contributed by atoms with E-state index in [1.54, 1.807) is 0 Å². The number of hydrogen-bond donors (Lipinski definition) is 0. The van der Waals surface area contributed by atoms with Crippen molar-refractivity contribution < 1.29 is 20.4 Å². The molecule has 0 amide bonds. The Bertz CT molecular complexity index is 371. The average Bonchev–Trinajstić information content (AvgIpc) is 2.13. The maximum Gasteiger partial charge on any atom is 2.00 e. The maximum absolute atomic E-state index is 2.36. The standard InChI is InChI=1S/C16H28NP.Pd/c1-15(2,3)18(16(4,5)6)14-11-9-13(10-12-14)17(7)8;/h9-12H,1-8H3;/q;+2. The minimum Gasteiger partial charge on any atom is -0.378 e.